The van der Waals surface area contributed by atoms with Crippen molar-refractivity contribution in [1.82, 2.24) is 25.1 Å². The molecule has 1 aromatic heterocycles. The summed E-state index contributed by atoms with van der Waals surface area (Å²) in [5.74, 6) is 1.14. The van der Waals surface area contributed by atoms with E-state index in [2.05, 4.69) is 15.3 Å². The zero-order chi connectivity index (χ0) is 18.4. The van der Waals surface area contributed by atoms with Gasteiger partial charge in [-0.05, 0) is 46.3 Å². The molecule has 1 aliphatic heterocycles. The van der Waals surface area contributed by atoms with E-state index < -0.39 is 0 Å². The monoisotopic (exact) mass is 347 g/mol. The molecule has 2 rings (SSSR count). The van der Waals surface area contributed by atoms with Crippen molar-refractivity contribution in [1.29, 1.82) is 0 Å². The van der Waals surface area contributed by atoms with Crippen LogP contribution in [0.4, 0.5) is 0 Å². The standard InChI is InChI=1S/C18H29N5O2/c1-13-20-15(7-8-17(24)19-2)10-16(21-13)14-6-5-9-23(11-14)18(25)12-22(3)4/h10,14H,5-9,11-12H2,1-4H3,(H,19,24). The van der Waals surface area contributed by atoms with Gasteiger partial charge in [-0.3, -0.25) is 9.59 Å². The zero-order valence-electron chi connectivity index (χ0n) is 15.7. The molecular weight excluding hydrogens is 318 g/mol. The van der Waals surface area contributed by atoms with Gasteiger partial charge in [-0.2, -0.15) is 0 Å². The highest BCUT2D eigenvalue weighted by Gasteiger charge is 2.26. The lowest BCUT2D eigenvalue weighted by Crippen LogP contribution is -2.43. The molecule has 0 aliphatic carbocycles. The third-order valence-corrected chi connectivity index (χ3v) is 4.44. The van der Waals surface area contributed by atoms with Crippen LogP contribution in [0.1, 0.15) is 42.4 Å². The summed E-state index contributed by atoms with van der Waals surface area (Å²) in [4.78, 5) is 36.7. The van der Waals surface area contributed by atoms with Crippen LogP contribution < -0.4 is 5.32 Å². The quantitative estimate of drug-likeness (QED) is 0.821. The molecule has 1 atom stereocenters. The lowest BCUT2D eigenvalue weighted by molar-refractivity contribution is -0.133. The number of aromatic nitrogens is 2. The van der Waals surface area contributed by atoms with Gasteiger partial charge in [-0.15, -0.1) is 0 Å². The van der Waals surface area contributed by atoms with Gasteiger partial charge in [-0.25, -0.2) is 9.97 Å². The molecule has 1 saturated heterocycles. The minimum atomic E-state index is 0.0101. The number of aryl methyl sites for hydroxylation is 2. The molecule has 138 valence electrons. The Bertz CT molecular complexity index is 617. The Morgan fingerprint density at radius 1 is 1.36 bits per heavy atom. The number of nitrogens with one attached hydrogen (secondary N) is 1. The van der Waals surface area contributed by atoms with Crippen LogP contribution in [0.15, 0.2) is 6.07 Å². The van der Waals surface area contributed by atoms with Gasteiger partial charge in [0.25, 0.3) is 0 Å². The molecule has 1 fully saturated rings. The Balaban J connectivity index is 2.07. The summed E-state index contributed by atoms with van der Waals surface area (Å²) in [7, 11) is 5.46. The first-order valence-corrected chi connectivity index (χ1v) is 8.86. The summed E-state index contributed by atoms with van der Waals surface area (Å²) in [6.07, 6.45) is 3.04. The van der Waals surface area contributed by atoms with Crippen LogP contribution in [0.25, 0.3) is 0 Å². The third kappa shape index (κ3) is 5.77. The normalized spacial score (nSPS) is 17.6. The Labute approximate surface area is 149 Å². The van der Waals surface area contributed by atoms with Crippen LogP contribution in [0, 0.1) is 6.92 Å². The highest BCUT2D eigenvalue weighted by molar-refractivity contribution is 5.78. The summed E-state index contributed by atoms with van der Waals surface area (Å²) in [6, 6.07) is 2.00. The fourth-order valence-corrected chi connectivity index (χ4v) is 3.17. The van der Waals surface area contributed by atoms with Crippen LogP contribution in [-0.2, 0) is 16.0 Å². The van der Waals surface area contributed by atoms with E-state index in [0.717, 1.165) is 36.6 Å². The highest BCUT2D eigenvalue weighted by Crippen LogP contribution is 2.26. The van der Waals surface area contributed by atoms with E-state index in [0.29, 0.717) is 25.9 Å². The second kappa shape index (κ2) is 8.89. The predicted octanol–water partition coefficient (Wildman–Crippen LogP) is 0.731. The van der Waals surface area contributed by atoms with Crippen LogP contribution >= 0.6 is 0 Å². The minimum Gasteiger partial charge on any atom is -0.359 e. The number of nitrogens with zero attached hydrogens (tertiary/aromatic N) is 4. The van der Waals surface area contributed by atoms with Crippen LogP contribution in [-0.4, -0.2) is 72.4 Å². The van der Waals surface area contributed by atoms with Crippen LogP contribution in [0.5, 0.6) is 0 Å². The zero-order valence-corrected chi connectivity index (χ0v) is 15.7. The van der Waals surface area contributed by atoms with Gasteiger partial charge in [-0.1, -0.05) is 0 Å². The van der Waals surface area contributed by atoms with Crippen molar-refractivity contribution < 1.29 is 9.59 Å². The smallest absolute Gasteiger partial charge is 0.236 e. The number of rotatable bonds is 6. The molecule has 2 amide bonds. The van der Waals surface area contributed by atoms with Gasteiger partial charge in [0.2, 0.25) is 11.8 Å². The number of carbonyl (C=O) groups excluding carboxylic acids is 2. The number of carbonyl (C=O) groups is 2. The predicted molar refractivity (Wildman–Crippen MR) is 96.3 cm³/mol. The molecule has 1 N–H and O–H groups in total. The SMILES string of the molecule is CNC(=O)CCc1cc(C2CCCN(C(=O)CN(C)C)C2)nc(C)n1. The van der Waals surface area contributed by atoms with Crippen molar-refractivity contribution in [3.05, 3.63) is 23.3 Å². The molecule has 0 bridgehead atoms. The van der Waals surface area contributed by atoms with Crippen molar-refractivity contribution in [3.8, 4) is 0 Å². The second-order valence-electron chi connectivity index (χ2n) is 6.92. The average Bonchev–Trinajstić information content (AvgIpc) is 2.58. The van der Waals surface area contributed by atoms with Gasteiger partial charge >= 0.3 is 0 Å². The van der Waals surface area contributed by atoms with E-state index >= 15 is 0 Å². The molecule has 0 radical (unpaired) electrons. The van der Waals surface area contributed by atoms with Gasteiger partial charge in [0.05, 0.1) is 6.54 Å². The van der Waals surface area contributed by atoms with Gasteiger partial charge in [0.1, 0.15) is 5.82 Å². The number of amides is 2. The average molecular weight is 347 g/mol. The molecule has 0 aromatic carbocycles. The van der Waals surface area contributed by atoms with Gasteiger partial charge in [0.15, 0.2) is 0 Å². The molecule has 7 nitrogen and oxygen atoms in total. The molecule has 0 saturated carbocycles. The number of likely N-dealkylation sites (N-methyl/N-ethyl adjacent to an activating group) is 1. The van der Waals surface area contributed by atoms with Gasteiger partial charge < -0.3 is 15.1 Å². The number of hydrogen-bond donors (Lipinski definition) is 1. The number of piperidine rings is 1. The van der Waals surface area contributed by atoms with E-state index in [1.807, 2.05) is 36.9 Å². The Kier molecular flexibility index (Phi) is 6.87. The van der Waals surface area contributed by atoms with Crippen molar-refractivity contribution in [3.63, 3.8) is 0 Å². The first-order valence-electron chi connectivity index (χ1n) is 8.86. The maximum absolute atomic E-state index is 12.3. The molecule has 1 unspecified atom stereocenters. The Morgan fingerprint density at radius 2 is 2.12 bits per heavy atom. The summed E-state index contributed by atoms with van der Waals surface area (Å²) in [6.45, 7) is 3.84. The number of hydrogen-bond acceptors (Lipinski definition) is 5. The van der Waals surface area contributed by atoms with E-state index in [1.54, 1.807) is 7.05 Å². The molecule has 7 heteroatoms. The molecule has 1 aliphatic rings. The lowest BCUT2D eigenvalue weighted by atomic mass is 9.93. The van der Waals surface area contributed by atoms with E-state index in [-0.39, 0.29) is 17.7 Å². The van der Waals surface area contributed by atoms with Crippen molar-refractivity contribution in [2.45, 2.75) is 38.5 Å². The first-order chi connectivity index (χ1) is 11.9. The largest absolute Gasteiger partial charge is 0.359 e. The molecule has 25 heavy (non-hydrogen) atoms. The highest BCUT2D eigenvalue weighted by atomic mass is 16.2. The van der Waals surface area contributed by atoms with Crippen LogP contribution in [0.2, 0.25) is 0 Å². The van der Waals surface area contributed by atoms with E-state index in [9.17, 15) is 9.59 Å². The third-order valence-electron chi connectivity index (χ3n) is 4.44. The summed E-state index contributed by atoms with van der Waals surface area (Å²) < 4.78 is 0. The minimum absolute atomic E-state index is 0.0101. The fourth-order valence-electron chi connectivity index (χ4n) is 3.17. The summed E-state index contributed by atoms with van der Waals surface area (Å²) >= 11 is 0. The van der Waals surface area contributed by atoms with Crippen molar-refractivity contribution in [2.75, 3.05) is 40.8 Å². The maximum Gasteiger partial charge on any atom is 0.236 e. The van der Waals surface area contributed by atoms with Crippen molar-refractivity contribution >= 4 is 11.8 Å². The lowest BCUT2D eigenvalue weighted by Gasteiger charge is -2.33. The number of likely N-dealkylation sites (tertiary alicyclic amines) is 1. The second-order valence-corrected chi connectivity index (χ2v) is 6.92. The fraction of sp³-hybridized carbons (Fsp3) is 0.667. The maximum atomic E-state index is 12.3. The Hall–Kier alpha value is -2.02. The molecule has 1 aromatic rings. The summed E-state index contributed by atoms with van der Waals surface area (Å²) in [5.41, 5.74) is 1.88. The topological polar surface area (TPSA) is 78.4 Å². The van der Waals surface area contributed by atoms with E-state index in [4.69, 9.17) is 0 Å². The summed E-state index contributed by atoms with van der Waals surface area (Å²) in [5, 5.41) is 2.63. The first kappa shape index (κ1) is 19.3. The van der Waals surface area contributed by atoms with E-state index in [1.165, 1.54) is 0 Å². The van der Waals surface area contributed by atoms with Crippen molar-refractivity contribution in [2.24, 2.45) is 0 Å². The molecule has 2 heterocycles. The van der Waals surface area contributed by atoms with Crippen LogP contribution in [0.3, 0.4) is 0 Å². The Morgan fingerprint density at radius 3 is 2.80 bits per heavy atom. The van der Waals surface area contributed by atoms with Gasteiger partial charge in [0, 0.05) is 43.9 Å². The molecular formula is C18H29N5O2. The molecule has 0 spiro atoms.